The van der Waals surface area contributed by atoms with Crippen LogP contribution in [-0.2, 0) is 10.1 Å². The summed E-state index contributed by atoms with van der Waals surface area (Å²) in [6.07, 6.45) is 0. The van der Waals surface area contributed by atoms with Crippen molar-refractivity contribution < 1.29 is 119 Å². The van der Waals surface area contributed by atoms with Gasteiger partial charge in [0.15, 0.2) is 0 Å². The summed E-state index contributed by atoms with van der Waals surface area (Å²) in [5.74, 6) is 0. The van der Waals surface area contributed by atoms with E-state index in [1.165, 1.54) is 12.1 Å². The van der Waals surface area contributed by atoms with Crippen LogP contribution in [0.2, 0.25) is 0 Å². The summed E-state index contributed by atoms with van der Waals surface area (Å²) >= 11 is 0. The molecule has 13 heavy (non-hydrogen) atoms. The van der Waals surface area contributed by atoms with Gasteiger partial charge in [-0.15, -0.1) is 0 Å². The Morgan fingerprint density at radius 3 is 1.85 bits per heavy atom. The van der Waals surface area contributed by atoms with Gasteiger partial charge in [0.25, 0.3) is 10.1 Å². The van der Waals surface area contributed by atoms with Crippen LogP contribution in [0.3, 0.4) is 0 Å². The Morgan fingerprint density at radius 1 is 1.15 bits per heavy atom. The summed E-state index contributed by atoms with van der Waals surface area (Å²) in [7, 11) is -4.02. The summed E-state index contributed by atoms with van der Waals surface area (Å²) in [6, 6.07) is 5.99. The molecule has 0 atom stereocenters. The van der Waals surface area contributed by atoms with Crippen LogP contribution >= 0.6 is 0 Å². The molecule has 0 radical (unpaired) electrons. The van der Waals surface area contributed by atoms with Gasteiger partial charge in [-0.1, -0.05) is 17.7 Å². The molecule has 0 heterocycles. The average Bonchev–Trinajstić information content (AvgIpc) is 1.86. The number of rotatable bonds is 1. The average molecular weight is 252 g/mol. The van der Waals surface area contributed by atoms with Crippen molar-refractivity contribution in [2.75, 3.05) is 0 Å². The maximum Gasteiger partial charge on any atom is 1.00 e. The molecule has 0 bridgehead atoms. The Balaban J connectivity index is -0.000000151. The molecule has 6 heteroatoms. The zero-order chi connectivity index (χ0) is 8.48. The maximum atomic E-state index is 10.5. The largest absolute Gasteiger partial charge is 1.00 e. The molecule has 1 rings (SSSR count). The van der Waals surface area contributed by atoms with Crippen LogP contribution < -0.4 is 103 Å². The van der Waals surface area contributed by atoms with Crippen molar-refractivity contribution in [3.63, 3.8) is 0 Å². The first-order valence-corrected chi connectivity index (χ1v) is 4.48. The van der Waals surface area contributed by atoms with Gasteiger partial charge in [0.1, 0.15) is 0 Å². The van der Waals surface area contributed by atoms with Crippen LogP contribution in [0.5, 0.6) is 0 Å². The summed E-state index contributed by atoms with van der Waals surface area (Å²) in [5, 5.41) is 0. The minimum absolute atomic E-state index is 0. The van der Waals surface area contributed by atoms with E-state index in [1.54, 1.807) is 12.1 Å². The van der Waals surface area contributed by atoms with Gasteiger partial charge in [-0.3, -0.25) is 4.55 Å². The van der Waals surface area contributed by atoms with Gasteiger partial charge in [0.2, 0.25) is 0 Å². The number of hydrogen-bond donors (Lipinski definition) is 1. The Morgan fingerprint density at radius 2 is 1.54 bits per heavy atom. The predicted molar refractivity (Wildman–Crippen MR) is 43.2 cm³/mol. The summed E-state index contributed by atoms with van der Waals surface area (Å²) < 4.78 is 29.6. The second kappa shape index (κ2) is 7.64. The second-order valence-electron chi connectivity index (χ2n) is 2.29. The molecule has 0 aliphatic heterocycles. The minimum atomic E-state index is -4.02. The second-order valence-corrected chi connectivity index (χ2v) is 3.71. The van der Waals surface area contributed by atoms with Crippen molar-refractivity contribution in [3.8, 4) is 0 Å². The number of hydrogen-bond acceptors (Lipinski definition) is 2. The van der Waals surface area contributed by atoms with E-state index in [9.17, 15) is 8.42 Å². The van der Waals surface area contributed by atoms with E-state index in [2.05, 4.69) is 0 Å². The normalized spacial score (nSPS) is 9.69. The first-order chi connectivity index (χ1) is 5.00. The fraction of sp³-hybridized carbons (Fsp3) is 0.143. The van der Waals surface area contributed by atoms with Crippen molar-refractivity contribution in [3.05, 3.63) is 29.8 Å². The molecule has 1 N–H and O–H groups in total. The van der Waals surface area contributed by atoms with Crippen LogP contribution in [0.4, 0.5) is 0 Å². The topological polar surface area (TPSA) is 54.4 Å². The SMILES string of the molecule is Cc1ccc(S(=O)(=O)O)cc1.[H-].[H-].[K+].[K+]. The monoisotopic (exact) mass is 252 g/mol. The number of aryl methyl sites for hydroxylation is 1. The quantitative estimate of drug-likeness (QED) is 0.405. The van der Waals surface area contributed by atoms with E-state index in [4.69, 9.17) is 4.55 Å². The predicted octanol–water partition coefficient (Wildman–Crippen LogP) is -4.53. The fourth-order valence-electron chi connectivity index (χ4n) is 0.710. The van der Waals surface area contributed by atoms with E-state index in [0.29, 0.717) is 0 Å². The first kappa shape index (κ1) is 17.8. The van der Waals surface area contributed by atoms with Crippen LogP contribution in [0, 0.1) is 6.92 Å². The molecular formula is C7H10K2O3S. The molecule has 0 fully saturated rings. The third-order valence-electron chi connectivity index (χ3n) is 1.32. The van der Waals surface area contributed by atoms with Gasteiger partial charge >= 0.3 is 103 Å². The number of benzene rings is 1. The van der Waals surface area contributed by atoms with Crippen molar-refractivity contribution in [2.24, 2.45) is 0 Å². The molecule has 1 aromatic rings. The summed E-state index contributed by atoms with van der Waals surface area (Å²) in [4.78, 5) is -0.0666. The Hall–Kier alpha value is 2.40. The standard InChI is InChI=1S/C7H8O3S.2K.2H/c1-6-2-4-7(5-3-6)11(8,9)10;;;;/h2-5H,1H3,(H,8,9,10);;;;/q;2*+1;2*-1. The van der Waals surface area contributed by atoms with E-state index < -0.39 is 10.1 Å². The maximum absolute atomic E-state index is 10.5. The summed E-state index contributed by atoms with van der Waals surface area (Å²) in [6.45, 7) is 1.84. The van der Waals surface area contributed by atoms with Crippen LogP contribution in [0.15, 0.2) is 29.2 Å². The molecule has 0 spiro atoms. The van der Waals surface area contributed by atoms with Gasteiger partial charge in [-0.05, 0) is 19.1 Å². The Kier molecular flexibility index (Phi) is 10.5. The zero-order valence-corrected chi connectivity index (χ0v) is 15.0. The van der Waals surface area contributed by atoms with Crippen molar-refractivity contribution in [2.45, 2.75) is 11.8 Å². The van der Waals surface area contributed by atoms with E-state index in [0.717, 1.165) is 5.56 Å². The fourth-order valence-corrected chi connectivity index (χ4v) is 1.19. The molecule has 0 saturated heterocycles. The molecule has 0 aromatic heterocycles. The zero-order valence-electron chi connectivity index (χ0n) is 9.98. The smallest absolute Gasteiger partial charge is 1.00 e. The van der Waals surface area contributed by atoms with Crippen LogP contribution in [-0.4, -0.2) is 13.0 Å². The van der Waals surface area contributed by atoms with Crippen LogP contribution in [0.25, 0.3) is 0 Å². The molecule has 0 amide bonds. The van der Waals surface area contributed by atoms with Gasteiger partial charge in [0.05, 0.1) is 4.90 Å². The van der Waals surface area contributed by atoms with Crippen molar-refractivity contribution in [1.82, 2.24) is 0 Å². The molecule has 1 aromatic carbocycles. The third-order valence-corrected chi connectivity index (χ3v) is 2.19. The summed E-state index contributed by atoms with van der Waals surface area (Å²) in [5.41, 5.74) is 0.956. The molecular weight excluding hydrogens is 242 g/mol. The van der Waals surface area contributed by atoms with Crippen molar-refractivity contribution >= 4 is 10.1 Å². The Bertz CT molecular complexity index is 353. The van der Waals surface area contributed by atoms with Crippen molar-refractivity contribution in [1.29, 1.82) is 0 Å². The van der Waals surface area contributed by atoms with E-state index >= 15 is 0 Å². The van der Waals surface area contributed by atoms with Crippen LogP contribution in [0.1, 0.15) is 8.42 Å². The Labute approximate surface area is 166 Å². The van der Waals surface area contributed by atoms with E-state index in [1.807, 2.05) is 6.92 Å². The first-order valence-electron chi connectivity index (χ1n) is 3.04. The molecule has 0 aliphatic carbocycles. The van der Waals surface area contributed by atoms with Gasteiger partial charge in [0, 0.05) is 0 Å². The molecule has 64 valence electrons. The molecule has 3 nitrogen and oxygen atoms in total. The van der Waals surface area contributed by atoms with Gasteiger partial charge in [-0.2, -0.15) is 8.42 Å². The van der Waals surface area contributed by atoms with Gasteiger partial charge in [-0.25, -0.2) is 0 Å². The third kappa shape index (κ3) is 6.54. The van der Waals surface area contributed by atoms with Gasteiger partial charge < -0.3 is 2.85 Å². The molecule has 0 unspecified atom stereocenters. The molecule has 0 aliphatic rings. The minimum Gasteiger partial charge on any atom is -1.00 e. The van der Waals surface area contributed by atoms with E-state index in [-0.39, 0.29) is 111 Å². The molecule has 0 saturated carbocycles.